The largest absolute Gasteiger partial charge is 0.313 e. The normalized spacial score (nSPS) is 10.9. The van der Waals surface area contributed by atoms with Crippen molar-refractivity contribution in [1.82, 2.24) is 19.3 Å². The van der Waals surface area contributed by atoms with E-state index in [1.165, 1.54) is 0 Å². The van der Waals surface area contributed by atoms with E-state index in [1.54, 1.807) is 17.1 Å². The molecule has 1 aromatic carbocycles. The SMILES string of the molecule is CCn1cc(C(=O)Nc2nc3ccccc3n2C)cn1. The molecule has 0 unspecified atom stereocenters. The summed E-state index contributed by atoms with van der Waals surface area (Å²) in [5.74, 6) is 0.323. The van der Waals surface area contributed by atoms with Crippen molar-refractivity contribution < 1.29 is 4.79 Å². The smallest absolute Gasteiger partial charge is 0.261 e. The maximum Gasteiger partial charge on any atom is 0.261 e. The molecule has 0 spiro atoms. The zero-order valence-electron chi connectivity index (χ0n) is 11.4. The van der Waals surface area contributed by atoms with E-state index in [4.69, 9.17) is 0 Å². The summed E-state index contributed by atoms with van der Waals surface area (Å²) < 4.78 is 3.57. The van der Waals surface area contributed by atoms with Gasteiger partial charge in [0.2, 0.25) is 5.95 Å². The van der Waals surface area contributed by atoms with Crippen LogP contribution in [0.4, 0.5) is 5.95 Å². The van der Waals surface area contributed by atoms with Gasteiger partial charge >= 0.3 is 0 Å². The number of fused-ring (bicyclic) bond motifs is 1. The number of hydrogen-bond donors (Lipinski definition) is 1. The van der Waals surface area contributed by atoms with Gasteiger partial charge in [0, 0.05) is 19.8 Å². The highest BCUT2D eigenvalue weighted by molar-refractivity contribution is 6.03. The summed E-state index contributed by atoms with van der Waals surface area (Å²) in [6, 6.07) is 7.75. The Morgan fingerprint density at radius 3 is 2.85 bits per heavy atom. The van der Waals surface area contributed by atoms with Gasteiger partial charge in [-0.2, -0.15) is 5.10 Å². The standard InChI is InChI=1S/C14H15N5O/c1-3-19-9-10(8-15-19)13(20)17-14-16-11-6-4-5-7-12(11)18(14)2/h4-9H,3H2,1-2H3,(H,16,17,20). The summed E-state index contributed by atoms with van der Waals surface area (Å²) in [6.07, 6.45) is 3.28. The van der Waals surface area contributed by atoms with Crippen LogP contribution in [0.15, 0.2) is 36.7 Å². The summed E-state index contributed by atoms with van der Waals surface area (Å²) >= 11 is 0. The van der Waals surface area contributed by atoms with Gasteiger partial charge in [-0.05, 0) is 19.1 Å². The second-order valence-electron chi connectivity index (χ2n) is 4.52. The van der Waals surface area contributed by atoms with Crippen LogP contribution in [0.25, 0.3) is 11.0 Å². The third kappa shape index (κ3) is 2.05. The minimum absolute atomic E-state index is 0.205. The van der Waals surface area contributed by atoms with Crippen molar-refractivity contribution in [3.05, 3.63) is 42.2 Å². The van der Waals surface area contributed by atoms with E-state index in [9.17, 15) is 4.79 Å². The molecule has 1 amide bonds. The number of aromatic nitrogens is 4. The summed E-state index contributed by atoms with van der Waals surface area (Å²) in [4.78, 5) is 16.6. The predicted molar refractivity (Wildman–Crippen MR) is 76.6 cm³/mol. The summed E-state index contributed by atoms with van der Waals surface area (Å²) in [5.41, 5.74) is 2.36. The lowest BCUT2D eigenvalue weighted by Gasteiger charge is -2.03. The van der Waals surface area contributed by atoms with Gasteiger partial charge in [0.05, 0.1) is 22.8 Å². The Morgan fingerprint density at radius 2 is 2.15 bits per heavy atom. The molecule has 0 aliphatic heterocycles. The lowest BCUT2D eigenvalue weighted by Crippen LogP contribution is -2.14. The number of carbonyl (C=O) groups excluding carboxylic acids is 1. The van der Waals surface area contributed by atoms with Gasteiger partial charge in [-0.25, -0.2) is 4.98 Å². The van der Waals surface area contributed by atoms with Crippen LogP contribution >= 0.6 is 0 Å². The number of aryl methyl sites for hydroxylation is 2. The fraction of sp³-hybridized carbons (Fsp3) is 0.214. The zero-order valence-corrected chi connectivity index (χ0v) is 11.4. The molecule has 2 heterocycles. The van der Waals surface area contributed by atoms with Crippen molar-refractivity contribution in [2.75, 3.05) is 5.32 Å². The number of hydrogen-bond acceptors (Lipinski definition) is 3. The van der Waals surface area contributed by atoms with E-state index in [1.807, 2.05) is 42.8 Å². The molecular weight excluding hydrogens is 254 g/mol. The highest BCUT2D eigenvalue weighted by atomic mass is 16.1. The highest BCUT2D eigenvalue weighted by Crippen LogP contribution is 2.18. The van der Waals surface area contributed by atoms with Gasteiger partial charge in [0.25, 0.3) is 5.91 Å². The maximum atomic E-state index is 12.2. The van der Waals surface area contributed by atoms with E-state index >= 15 is 0 Å². The Labute approximate surface area is 116 Å². The molecule has 0 atom stereocenters. The molecule has 0 fully saturated rings. The molecule has 0 radical (unpaired) electrons. The van der Waals surface area contributed by atoms with Gasteiger partial charge < -0.3 is 4.57 Å². The lowest BCUT2D eigenvalue weighted by molar-refractivity contribution is 0.102. The van der Waals surface area contributed by atoms with E-state index in [0.717, 1.165) is 17.6 Å². The number of nitrogens with one attached hydrogen (secondary N) is 1. The minimum atomic E-state index is -0.205. The molecule has 3 rings (SSSR count). The third-order valence-electron chi connectivity index (χ3n) is 3.23. The molecule has 0 aliphatic rings. The number of anilines is 1. The van der Waals surface area contributed by atoms with E-state index in [-0.39, 0.29) is 5.91 Å². The first kappa shape index (κ1) is 12.4. The average Bonchev–Trinajstić information content (AvgIpc) is 3.05. The molecule has 0 saturated carbocycles. The molecule has 20 heavy (non-hydrogen) atoms. The van der Waals surface area contributed by atoms with Crippen LogP contribution in [0.5, 0.6) is 0 Å². The molecule has 0 aliphatic carbocycles. The summed E-state index contributed by atoms with van der Waals surface area (Å²) in [5, 5.41) is 6.90. The van der Waals surface area contributed by atoms with Crippen LogP contribution in [0, 0.1) is 0 Å². The van der Waals surface area contributed by atoms with Crippen LogP contribution < -0.4 is 5.32 Å². The number of amides is 1. The van der Waals surface area contributed by atoms with Crippen LogP contribution in [0.1, 0.15) is 17.3 Å². The first-order valence-electron chi connectivity index (χ1n) is 6.44. The van der Waals surface area contributed by atoms with Crippen molar-refractivity contribution in [2.45, 2.75) is 13.5 Å². The molecule has 6 nitrogen and oxygen atoms in total. The number of para-hydroxylation sites is 2. The molecule has 0 saturated heterocycles. The molecule has 102 valence electrons. The average molecular weight is 269 g/mol. The van der Waals surface area contributed by atoms with Gasteiger partial charge in [0.15, 0.2) is 0 Å². The van der Waals surface area contributed by atoms with Crippen LogP contribution in [0.2, 0.25) is 0 Å². The zero-order chi connectivity index (χ0) is 14.1. The van der Waals surface area contributed by atoms with E-state index in [2.05, 4.69) is 15.4 Å². The number of rotatable bonds is 3. The van der Waals surface area contributed by atoms with Crippen molar-refractivity contribution in [2.24, 2.45) is 7.05 Å². The summed E-state index contributed by atoms with van der Waals surface area (Å²) in [7, 11) is 1.88. The topological polar surface area (TPSA) is 64.7 Å². The van der Waals surface area contributed by atoms with Crippen LogP contribution in [0.3, 0.4) is 0 Å². The molecular formula is C14H15N5O. The number of carbonyl (C=O) groups is 1. The van der Waals surface area contributed by atoms with Crippen molar-refractivity contribution in [3.8, 4) is 0 Å². The fourth-order valence-corrected chi connectivity index (χ4v) is 2.08. The minimum Gasteiger partial charge on any atom is -0.313 e. The molecule has 0 bridgehead atoms. The number of imidazole rings is 1. The second kappa shape index (κ2) is 4.80. The van der Waals surface area contributed by atoms with Crippen LogP contribution in [-0.4, -0.2) is 25.2 Å². The summed E-state index contributed by atoms with van der Waals surface area (Å²) in [6.45, 7) is 2.71. The Hall–Kier alpha value is -2.63. The van der Waals surface area contributed by atoms with E-state index in [0.29, 0.717) is 11.5 Å². The number of nitrogens with zero attached hydrogens (tertiary/aromatic N) is 4. The van der Waals surface area contributed by atoms with Gasteiger partial charge in [-0.3, -0.25) is 14.8 Å². The van der Waals surface area contributed by atoms with Crippen LogP contribution in [-0.2, 0) is 13.6 Å². The fourth-order valence-electron chi connectivity index (χ4n) is 2.08. The van der Waals surface area contributed by atoms with Gasteiger partial charge in [-0.1, -0.05) is 12.1 Å². The van der Waals surface area contributed by atoms with Crippen molar-refractivity contribution in [1.29, 1.82) is 0 Å². The third-order valence-corrected chi connectivity index (χ3v) is 3.23. The van der Waals surface area contributed by atoms with Gasteiger partial charge in [0.1, 0.15) is 0 Å². The van der Waals surface area contributed by atoms with Crippen molar-refractivity contribution >= 4 is 22.9 Å². The monoisotopic (exact) mass is 269 g/mol. The van der Waals surface area contributed by atoms with E-state index < -0.39 is 0 Å². The quantitative estimate of drug-likeness (QED) is 0.791. The Balaban J connectivity index is 1.89. The lowest BCUT2D eigenvalue weighted by atomic mass is 10.3. The Bertz CT molecular complexity index is 771. The first-order chi connectivity index (χ1) is 9.69. The van der Waals surface area contributed by atoms with Crippen molar-refractivity contribution in [3.63, 3.8) is 0 Å². The Kier molecular flexibility index (Phi) is 2.98. The highest BCUT2D eigenvalue weighted by Gasteiger charge is 2.13. The first-order valence-corrected chi connectivity index (χ1v) is 6.44. The maximum absolute atomic E-state index is 12.2. The Morgan fingerprint density at radius 1 is 1.35 bits per heavy atom. The molecule has 6 heteroatoms. The number of benzene rings is 1. The molecule has 2 aromatic heterocycles. The molecule has 1 N–H and O–H groups in total. The molecule has 3 aromatic rings. The van der Waals surface area contributed by atoms with Gasteiger partial charge in [-0.15, -0.1) is 0 Å². The predicted octanol–water partition coefficient (Wildman–Crippen LogP) is 2.04. The second-order valence-corrected chi connectivity index (χ2v) is 4.52.